The van der Waals surface area contributed by atoms with Crippen LogP contribution in [0.5, 0.6) is 0 Å². The number of aromatic amines is 1. The van der Waals surface area contributed by atoms with Gasteiger partial charge in [0.1, 0.15) is 23.2 Å². The number of nitrogens with one attached hydrogen (secondary N) is 1. The summed E-state index contributed by atoms with van der Waals surface area (Å²) in [6.07, 6.45) is -0.625. The first-order valence-corrected chi connectivity index (χ1v) is 9.12. The predicted molar refractivity (Wildman–Crippen MR) is 99.2 cm³/mol. The second kappa shape index (κ2) is 5.99. The third kappa shape index (κ3) is 3.53. The number of fused-ring (bicyclic) bond motifs is 1. The average molecular weight is 410 g/mol. The SMILES string of the molecule is C[C@H]1OC(C)(C)N(C(=O)OC(C)(C)C)[C@@H]1c1nc2ccc(Br)cc2[nH]1. The quantitative estimate of drug-likeness (QED) is 0.736. The Bertz CT molecular complexity index is 809. The zero-order chi connectivity index (χ0) is 18.6. The highest BCUT2D eigenvalue weighted by atomic mass is 79.9. The van der Waals surface area contributed by atoms with E-state index in [1.807, 2.05) is 59.7 Å². The zero-order valence-electron chi connectivity index (χ0n) is 15.4. The molecule has 136 valence electrons. The number of nitrogens with zero attached hydrogens (tertiary/aromatic N) is 2. The van der Waals surface area contributed by atoms with Crippen LogP contribution < -0.4 is 0 Å². The lowest BCUT2D eigenvalue weighted by atomic mass is 10.1. The maximum absolute atomic E-state index is 12.8. The van der Waals surface area contributed by atoms with Crippen molar-refractivity contribution in [3.8, 4) is 0 Å². The van der Waals surface area contributed by atoms with Gasteiger partial charge in [-0.25, -0.2) is 9.78 Å². The van der Waals surface area contributed by atoms with Crippen molar-refractivity contribution in [3.63, 3.8) is 0 Å². The molecule has 0 spiro atoms. The van der Waals surface area contributed by atoms with Gasteiger partial charge < -0.3 is 14.5 Å². The Balaban J connectivity index is 2.02. The van der Waals surface area contributed by atoms with E-state index in [1.165, 1.54) is 0 Å². The lowest BCUT2D eigenvalue weighted by Gasteiger charge is -2.34. The van der Waals surface area contributed by atoms with E-state index in [9.17, 15) is 4.79 Å². The Morgan fingerprint density at radius 1 is 1.40 bits per heavy atom. The van der Waals surface area contributed by atoms with Crippen LogP contribution in [0.3, 0.4) is 0 Å². The van der Waals surface area contributed by atoms with E-state index >= 15 is 0 Å². The summed E-state index contributed by atoms with van der Waals surface area (Å²) in [6.45, 7) is 11.2. The molecule has 0 radical (unpaired) electrons. The second-order valence-electron chi connectivity index (χ2n) is 7.85. The van der Waals surface area contributed by atoms with Crippen molar-refractivity contribution in [1.29, 1.82) is 0 Å². The molecule has 1 N–H and O–H groups in total. The number of rotatable bonds is 1. The third-order valence-electron chi connectivity index (χ3n) is 4.11. The fourth-order valence-electron chi connectivity index (χ4n) is 3.25. The molecule has 1 saturated heterocycles. The molecule has 2 aromatic rings. The van der Waals surface area contributed by atoms with Crippen molar-refractivity contribution >= 4 is 33.1 Å². The topological polar surface area (TPSA) is 67.4 Å². The van der Waals surface area contributed by atoms with Crippen LogP contribution >= 0.6 is 15.9 Å². The van der Waals surface area contributed by atoms with E-state index in [1.54, 1.807) is 4.90 Å². The smallest absolute Gasteiger partial charge is 0.413 e. The van der Waals surface area contributed by atoms with Gasteiger partial charge in [-0.15, -0.1) is 0 Å². The summed E-state index contributed by atoms with van der Waals surface area (Å²) in [5.41, 5.74) is 0.388. The van der Waals surface area contributed by atoms with Gasteiger partial charge >= 0.3 is 6.09 Å². The summed E-state index contributed by atoms with van der Waals surface area (Å²) in [5.74, 6) is 0.692. The lowest BCUT2D eigenvalue weighted by Crippen LogP contribution is -2.47. The minimum atomic E-state index is -0.786. The fraction of sp³-hybridized carbons (Fsp3) is 0.556. The molecule has 1 aromatic carbocycles. The van der Waals surface area contributed by atoms with E-state index in [0.717, 1.165) is 15.5 Å². The predicted octanol–water partition coefficient (Wildman–Crippen LogP) is 4.76. The van der Waals surface area contributed by atoms with E-state index in [0.29, 0.717) is 5.82 Å². The molecule has 1 amide bonds. The van der Waals surface area contributed by atoms with Crippen LogP contribution in [0.4, 0.5) is 4.79 Å². The molecule has 0 saturated carbocycles. The summed E-state index contributed by atoms with van der Waals surface area (Å²) in [5, 5.41) is 0. The summed E-state index contributed by atoms with van der Waals surface area (Å²) in [4.78, 5) is 22.5. The molecule has 6 nitrogen and oxygen atoms in total. The summed E-state index contributed by atoms with van der Waals surface area (Å²) in [6, 6.07) is 5.49. The molecular weight excluding hydrogens is 386 g/mol. The molecule has 2 atom stereocenters. The van der Waals surface area contributed by atoms with Crippen LogP contribution in [-0.4, -0.2) is 38.4 Å². The number of ether oxygens (including phenoxy) is 2. The Morgan fingerprint density at radius 3 is 2.72 bits per heavy atom. The van der Waals surface area contributed by atoms with Gasteiger partial charge in [0.25, 0.3) is 0 Å². The third-order valence-corrected chi connectivity index (χ3v) is 4.60. The van der Waals surface area contributed by atoms with Gasteiger partial charge in [-0.2, -0.15) is 0 Å². The highest BCUT2D eigenvalue weighted by Gasteiger charge is 2.51. The van der Waals surface area contributed by atoms with Crippen molar-refractivity contribution in [2.75, 3.05) is 0 Å². The molecule has 1 fully saturated rings. The molecule has 1 aromatic heterocycles. The fourth-order valence-corrected chi connectivity index (χ4v) is 3.61. The van der Waals surface area contributed by atoms with Gasteiger partial charge in [0.2, 0.25) is 0 Å². The molecule has 7 heteroatoms. The molecule has 2 heterocycles. The first-order chi connectivity index (χ1) is 11.5. The number of amides is 1. The van der Waals surface area contributed by atoms with Crippen LogP contribution in [0.15, 0.2) is 22.7 Å². The van der Waals surface area contributed by atoms with Crippen molar-refractivity contribution in [3.05, 3.63) is 28.5 Å². The Hall–Kier alpha value is -1.60. The highest BCUT2D eigenvalue weighted by Crippen LogP contribution is 2.41. The molecule has 3 rings (SSSR count). The normalized spacial score (nSPS) is 23.2. The summed E-state index contributed by atoms with van der Waals surface area (Å²) < 4.78 is 12.6. The maximum Gasteiger partial charge on any atom is 0.413 e. The van der Waals surface area contributed by atoms with Crippen molar-refractivity contribution in [1.82, 2.24) is 14.9 Å². The number of hydrogen-bond donors (Lipinski definition) is 1. The Kier molecular flexibility index (Phi) is 4.36. The Morgan fingerprint density at radius 2 is 2.08 bits per heavy atom. The van der Waals surface area contributed by atoms with E-state index in [-0.39, 0.29) is 12.1 Å². The number of H-pyrrole nitrogens is 1. The van der Waals surface area contributed by atoms with E-state index < -0.39 is 17.4 Å². The minimum Gasteiger partial charge on any atom is -0.444 e. The van der Waals surface area contributed by atoms with Crippen LogP contribution in [0, 0.1) is 0 Å². The molecule has 0 unspecified atom stereocenters. The number of hydrogen-bond acceptors (Lipinski definition) is 4. The number of carbonyl (C=O) groups excluding carboxylic acids is 1. The molecule has 0 aliphatic carbocycles. The van der Waals surface area contributed by atoms with Gasteiger partial charge in [-0.05, 0) is 59.7 Å². The molecule has 0 bridgehead atoms. The van der Waals surface area contributed by atoms with Gasteiger partial charge in [-0.3, -0.25) is 4.90 Å². The van der Waals surface area contributed by atoms with Crippen molar-refractivity contribution < 1.29 is 14.3 Å². The minimum absolute atomic E-state index is 0.216. The average Bonchev–Trinajstić information content (AvgIpc) is 2.93. The standard InChI is InChI=1S/C18H24BrN3O3/c1-10-14(15-20-12-8-7-11(19)9-13(12)21-15)22(18(5,6)24-10)16(23)25-17(2,3)4/h7-10,14H,1-6H3,(H,20,21)/t10-,14+/m1/s1. The number of halogens is 1. The monoisotopic (exact) mass is 409 g/mol. The molecule has 1 aliphatic rings. The first-order valence-electron chi connectivity index (χ1n) is 8.33. The van der Waals surface area contributed by atoms with Crippen LogP contribution in [0.25, 0.3) is 11.0 Å². The van der Waals surface area contributed by atoms with Gasteiger partial charge in [0, 0.05) is 4.47 Å². The van der Waals surface area contributed by atoms with Crippen LogP contribution in [0.1, 0.15) is 53.4 Å². The van der Waals surface area contributed by atoms with Gasteiger partial charge in [-0.1, -0.05) is 15.9 Å². The van der Waals surface area contributed by atoms with E-state index in [4.69, 9.17) is 9.47 Å². The molecule has 25 heavy (non-hydrogen) atoms. The lowest BCUT2D eigenvalue weighted by molar-refractivity contribution is -0.0757. The molecular formula is C18H24BrN3O3. The number of benzene rings is 1. The van der Waals surface area contributed by atoms with Crippen LogP contribution in [0.2, 0.25) is 0 Å². The van der Waals surface area contributed by atoms with E-state index in [2.05, 4.69) is 25.9 Å². The zero-order valence-corrected chi connectivity index (χ0v) is 17.0. The largest absolute Gasteiger partial charge is 0.444 e. The van der Waals surface area contributed by atoms with Gasteiger partial charge in [0.05, 0.1) is 17.1 Å². The first kappa shape index (κ1) is 18.2. The summed E-state index contributed by atoms with van der Waals surface area (Å²) in [7, 11) is 0. The Labute approximate surface area is 156 Å². The highest BCUT2D eigenvalue weighted by molar-refractivity contribution is 9.10. The van der Waals surface area contributed by atoms with Gasteiger partial charge in [0.15, 0.2) is 0 Å². The number of aromatic nitrogens is 2. The van der Waals surface area contributed by atoms with Crippen LogP contribution in [-0.2, 0) is 9.47 Å². The second-order valence-corrected chi connectivity index (χ2v) is 8.76. The number of carbonyl (C=O) groups is 1. The maximum atomic E-state index is 12.8. The number of imidazole rings is 1. The van der Waals surface area contributed by atoms with Crippen molar-refractivity contribution in [2.45, 2.75) is 65.0 Å². The van der Waals surface area contributed by atoms with Crippen molar-refractivity contribution in [2.24, 2.45) is 0 Å². The molecule has 1 aliphatic heterocycles. The summed E-state index contributed by atoms with van der Waals surface area (Å²) >= 11 is 3.47.